The molecule has 0 aliphatic heterocycles. The fourth-order valence-corrected chi connectivity index (χ4v) is 1.85. The summed E-state index contributed by atoms with van der Waals surface area (Å²) in [5, 5.41) is 19.0. The Morgan fingerprint density at radius 1 is 1.17 bits per heavy atom. The Morgan fingerprint density at radius 2 is 1.91 bits per heavy atom. The minimum Gasteiger partial charge on any atom is -0.497 e. The second-order valence-electron chi connectivity index (χ2n) is 4.37. The van der Waals surface area contributed by atoms with E-state index in [1.54, 1.807) is 32.4 Å². The maximum Gasteiger partial charge on any atom is 0.280 e. The summed E-state index contributed by atoms with van der Waals surface area (Å²) < 4.78 is 15.6. The second kappa shape index (κ2) is 6.13. The normalized spacial score (nSPS) is 10.3. The number of aromatic amines is 1. The lowest BCUT2D eigenvalue weighted by Crippen LogP contribution is -2.13. The van der Waals surface area contributed by atoms with E-state index in [1.165, 1.54) is 6.07 Å². The number of methoxy groups -OCH3 is 2. The monoisotopic (exact) mass is 316 g/mol. The summed E-state index contributed by atoms with van der Waals surface area (Å²) in [4.78, 5) is 12.0. The van der Waals surface area contributed by atoms with Gasteiger partial charge in [-0.2, -0.15) is 5.21 Å². The fraction of sp³-hybridized carbons (Fsp3) is 0.154. The molecule has 3 aromatic rings. The van der Waals surface area contributed by atoms with Crippen molar-refractivity contribution in [3.05, 3.63) is 30.0 Å². The lowest BCUT2D eigenvalue weighted by molar-refractivity contribution is 0.101. The molecule has 0 radical (unpaired) electrons. The predicted molar refractivity (Wildman–Crippen MR) is 77.2 cm³/mol. The number of H-pyrrole nitrogens is 1. The number of aromatic nitrogens is 5. The zero-order chi connectivity index (χ0) is 16.2. The molecule has 0 saturated heterocycles. The maximum atomic E-state index is 12.0. The molecule has 0 aliphatic carbocycles. The Morgan fingerprint density at radius 3 is 2.52 bits per heavy atom. The molecular formula is C13H12N6O4. The zero-order valence-corrected chi connectivity index (χ0v) is 12.2. The first-order valence-corrected chi connectivity index (χ1v) is 6.44. The summed E-state index contributed by atoms with van der Waals surface area (Å²) in [7, 11) is 3.09. The van der Waals surface area contributed by atoms with Crippen LogP contribution in [0.25, 0.3) is 11.3 Å². The van der Waals surface area contributed by atoms with Gasteiger partial charge >= 0.3 is 0 Å². The van der Waals surface area contributed by atoms with Crippen LogP contribution in [-0.4, -0.2) is 45.9 Å². The smallest absolute Gasteiger partial charge is 0.280 e. The van der Waals surface area contributed by atoms with Crippen LogP contribution in [0.1, 0.15) is 10.5 Å². The Balaban J connectivity index is 1.85. The van der Waals surface area contributed by atoms with Crippen molar-refractivity contribution in [2.75, 3.05) is 19.5 Å². The van der Waals surface area contributed by atoms with Crippen LogP contribution in [-0.2, 0) is 0 Å². The van der Waals surface area contributed by atoms with E-state index in [0.717, 1.165) is 0 Å². The van der Waals surface area contributed by atoms with E-state index in [9.17, 15) is 4.79 Å². The van der Waals surface area contributed by atoms with E-state index < -0.39 is 5.91 Å². The molecule has 0 saturated carbocycles. The van der Waals surface area contributed by atoms with E-state index in [1.807, 2.05) is 0 Å². The summed E-state index contributed by atoms with van der Waals surface area (Å²) in [6.07, 6.45) is 0. The van der Waals surface area contributed by atoms with Crippen LogP contribution in [0.3, 0.4) is 0 Å². The number of hydrogen-bond donors (Lipinski definition) is 2. The number of anilines is 1. The Hall–Kier alpha value is -3.43. The van der Waals surface area contributed by atoms with Crippen molar-refractivity contribution in [1.82, 2.24) is 25.8 Å². The molecule has 0 bridgehead atoms. The van der Waals surface area contributed by atoms with Crippen LogP contribution in [0.2, 0.25) is 0 Å². The highest BCUT2D eigenvalue weighted by atomic mass is 16.5. The topological polar surface area (TPSA) is 128 Å². The van der Waals surface area contributed by atoms with Crippen molar-refractivity contribution in [2.45, 2.75) is 0 Å². The van der Waals surface area contributed by atoms with Gasteiger partial charge in [0, 0.05) is 17.7 Å². The molecule has 2 aromatic heterocycles. The fourth-order valence-electron chi connectivity index (χ4n) is 1.85. The number of carbonyl (C=O) groups excluding carboxylic acids is 1. The predicted octanol–water partition coefficient (Wildman–Crippen LogP) is 1.12. The molecule has 10 heteroatoms. The Labute approximate surface area is 129 Å². The van der Waals surface area contributed by atoms with Crippen molar-refractivity contribution >= 4 is 11.9 Å². The molecule has 10 nitrogen and oxygen atoms in total. The summed E-state index contributed by atoms with van der Waals surface area (Å²) in [6, 6.07) is 6.70. The van der Waals surface area contributed by atoms with Gasteiger partial charge in [0.2, 0.25) is 0 Å². The van der Waals surface area contributed by atoms with Gasteiger partial charge in [-0.05, 0) is 17.3 Å². The van der Waals surface area contributed by atoms with Crippen molar-refractivity contribution in [3.63, 3.8) is 0 Å². The second-order valence-corrected chi connectivity index (χ2v) is 4.37. The van der Waals surface area contributed by atoms with E-state index in [4.69, 9.17) is 14.0 Å². The van der Waals surface area contributed by atoms with Crippen LogP contribution < -0.4 is 14.8 Å². The largest absolute Gasteiger partial charge is 0.497 e. The van der Waals surface area contributed by atoms with E-state index >= 15 is 0 Å². The number of ether oxygens (including phenoxy) is 2. The summed E-state index contributed by atoms with van der Waals surface area (Å²) in [6.45, 7) is 0. The molecule has 23 heavy (non-hydrogen) atoms. The third-order valence-electron chi connectivity index (χ3n) is 2.95. The minimum absolute atomic E-state index is 0.0441. The van der Waals surface area contributed by atoms with Crippen LogP contribution in [0, 0.1) is 0 Å². The highest BCUT2D eigenvalue weighted by Gasteiger charge is 2.16. The van der Waals surface area contributed by atoms with Crippen LogP contribution in [0.5, 0.6) is 11.5 Å². The average molecular weight is 316 g/mol. The molecule has 1 amide bonds. The first kappa shape index (κ1) is 14.5. The molecule has 0 fully saturated rings. The van der Waals surface area contributed by atoms with Crippen molar-refractivity contribution < 1.29 is 18.8 Å². The van der Waals surface area contributed by atoms with Crippen LogP contribution in [0.15, 0.2) is 28.8 Å². The molecule has 0 unspecified atom stereocenters. The Bertz CT molecular complexity index is 791. The van der Waals surface area contributed by atoms with E-state index in [-0.39, 0.29) is 11.6 Å². The molecule has 0 aliphatic rings. The van der Waals surface area contributed by atoms with Gasteiger partial charge in [0.15, 0.2) is 11.5 Å². The van der Waals surface area contributed by atoms with Gasteiger partial charge in [0.25, 0.3) is 11.9 Å². The lowest BCUT2D eigenvalue weighted by Gasteiger charge is -2.06. The number of carbonyl (C=O) groups is 1. The first-order valence-electron chi connectivity index (χ1n) is 6.44. The van der Waals surface area contributed by atoms with Gasteiger partial charge in [-0.25, -0.2) is 0 Å². The minimum atomic E-state index is -0.517. The van der Waals surface area contributed by atoms with Gasteiger partial charge in [-0.1, -0.05) is 10.3 Å². The third kappa shape index (κ3) is 3.10. The van der Waals surface area contributed by atoms with Crippen molar-refractivity contribution in [1.29, 1.82) is 0 Å². The number of rotatable bonds is 5. The number of nitrogens with one attached hydrogen (secondary N) is 2. The first-order chi connectivity index (χ1) is 11.2. The molecule has 3 rings (SSSR count). The van der Waals surface area contributed by atoms with Gasteiger partial charge < -0.3 is 14.0 Å². The summed E-state index contributed by atoms with van der Waals surface area (Å²) in [5.41, 5.74) is 0.735. The van der Waals surface area contributed by atoms with E-state index in [0.29, 0.717) is 22.8 Å². The molecule has 1 aromatic carbocycles. The third-order valence-corrected chi connectivity index (χ3v) is 2.95. The number of tetrazole rings is 1. The number of benzene rings is 1. The zero-order valence-electron chi connectivity index (χ0n) is 12.2. The van der Waals surface area contributed by atoms with Crippen molar-refractivity contribution in [2.24, 2.45) is 0 Å². The molecule has 2 heterocycles. The Kier molecular flexibility index (Phi) is 3.87. The molecule has 0 atom stereocenters. The quantitative estimate of drug-likeness (QED) is 0.716. The molecule has 118 valence electrons. The van der Waals surface area contributed by atoms with Crippen molar-refractivity contribution in [3.8, 4) is 22.8 Å². The van der Waals surface area contributed by atoms with Crippen LogP contribution >= 0.6 is 0 Å². The van der Waals surface area contributed by atoms with Crippen LogP contribution in [0.4, 0.5) is 5.95 Å². The standard InChI is InChI=1S/C13H12N6O4/c1-21-8-3-7(4-9(5-8)22-2)11-6-10(17-23-11)12(20)14-13-15-18-19-16-13/h3-6H,1-2H3,(H2,14,15,16,18,19,20). The highest BCUT2D eigenvalue weighted by molar-refractivity contribution is 6.02. The summed E-state index contributed by atoms with van der Waals surface area (Å²) in [5.74, 6) is 1.10. The number of amides is 1. The van der Waals surface area contributed by atoms with Gasteiger partial charge in [0.1, 0.15) is 11.5 Å². The number of hydrogen-bond acceptors (Lipinski definition) is 8. The SMILES string of the molecule is COc1cc(OC)cc(-c2cc(C(=O)Nc3nn[nH]n3)no2)c1. The highest BCUT2D eigenvalue weighted by Crippen LogP contribution is 2.30. The number of nitrogens with zero attached hydrogens (tertiary/aromatic N) is 4. The molecule has 2 N–H and O–H groups in total. The average Bonchev–Trinajstić information content (AvgIpc) is 3.25. The molecule has 0 spiro atoms. The van der Waals surface area contributed by atoms with Gasteiger partial charge in [-0.3, -0.25) is 10.1 Å². The lowest BCUT2D eigenvalue weighted by atomic mass is 10.1. The van der Waals surface area contributed by atoms with E-state index in [2.05, 4.69) is 31.1 Å². The van der Waals surface area contributed by atoms with Gasteiger partial charge in [0.05, 0.1) is 14.2 Å². The van der Waals surface area contributed by atoms with Gasteiger partial charge in [-0.15, -0.1) is 5.10 Å². The molecular weight excluding hydrogens is 304 g/mol. The maximum absolute atomic E-state index is 12.0. The summed E-state index contributed by atoms with van der Waals surface area (Å²) >= 11 is 0.